The number of nitrogens with two attached hydrogens (primary N) is 1. The summed E-state index contributed by atoms with van der Waals surface area (Å²) in [7, 11) is -2.74. The van der Waals surface area contributed by atoms with Crippen LogP contribution in [-0.4, -0.2) is 72.6 Å². The molecule has 1 heterocycles. The van der Waals surface area contributed by atoms with E-state index in [4.69, 9.17) is 24.7 Å². The summed E-state index contributed by atoms with van der Waals surface area (Å²) < 4.78 is 78.3. The van der Waals surface area contributed by atoms with Gasteiger partial charge in [0.25, 0.3) is 0 Å². The predicted octanol–water partition coefficient (Wildman–Crippen LogP) is 3.49. The maximum absolute atomic E-state index is 13.2. The molecule has 3 aromatic rings. The zero-order chi connectivity index (χ0) is 36.6. The van der Waals surface area contributed by atoms with Crippen LogP contribution in [0.1, 0.15) is 51.4 Å². The standard InChI is InChI=1S/C34H39F2N3O10S/c1-20-14-38-15-21(2)26(20)11-25(23-7-10-29(49-34(35)36)30(13-23)46-17-22-5-6-22)18-47-32(41)19-48-33(42)24-8-9-28(45-3)27(12-24)39(16-31(37)40)50(4,43)44/h7-10,12-15,22,25,34H,5-6,11,16-19H2,1-4H3,(H2,37,40)/p+1/t25-/m1/s1. The molecular formula is C34H40F2N3O10S+. The van der Waals surface area contributed by atoms with Gasteiger partial charge in [-0.3, -0.25) is 9.10 Å². The highest BCUT2D eigenvalue weighted by molar-refractivity contribution is 7.92. The van der Waals surface area contributed by atoms with Crippen LogP contribution in [0.4, 0.5) is 14.5 Å². The van der Waals surface area contributed by atoms with E-state index < -0.39 is 53.6 Å². The number of nitrogens with one attached hydrogen (secondary N) is 1. The molecule has 1 aliphatic carbocycles. The number of methoxy groups -OCH3 is 1. The third-order valence-electron chi connectivity index (χ3n) is 7.98. The predicted molar refractivity (Wildman–Crippen MR) is 176 cm³/mol. The maximum atomic E-state index is 13.2. The van der Waals surface area contributed by atoms with Crippen molar-refractivity contribution in [2.24, 2.45) is 11.7 Å². The molecule has 1 aliphatic rings. The highest BCUT2D eigenvalue weighted by atomic mass is 32.2. The number of aromatic amines is 1. The molecule has 50 heavy (non-hydrogen) atoms. The van der Waals surface area contributed by atoms with Crippen molar-refractivity contribution >= 4 is 33.6 Å². The number of carbonyl (C=O) groups is 3. The van der Waals surface area contributed by atoms with Crippen molar-refractivity contribution in [1.29, 1.82) is 0 Å². The Morgan fingerprint density at radius 2 is 1.68 bits per heavy atom. The molecule has 1 atom stereocenters. The molecule has 2 aromatic carbocycles. The Kier molecular flexibility index (Phi) is 12.6. The number of ether oxygens (including phenoxy) is 5. The van der Waals surface area contributed by atoms with Gasteiger partial charge in [-0.05, 0) is 80.5 Å². The highest BCUT2D eigenvalue weighted by Crippen LogP contribution is 2.37. The number of amides is 1. The lowest BCUT2D eigenvalue weighted by atomic mass is 9.89. The second-order valence-corrected chi connectivity index (χ2v) is 13.8. The molecule has 0 aliphatic heterocycles. The van der Waals surface area contributed by atoms with E-state index in [1.165, 1.54) is 25.3 Å². The number of esters is 2. The molecule has 270 valence electrons. The fraction of sp³-hybridized carbons (Fsp3) is 0.412. The van der Waals surface area contributed by atoms with Crippen LogP contribution < -0.4 is 29.2 Å². The van der Waals surface area contributed by atoms with Gasteiger partial charge in [0, 0.05) is 17.0 Å². The van der Waals surface area contributed by atoms with Gasteiger partial charge in [-0.1, -0.05) is 6.07 Å². The normalized spacial score (nSPS) is 13.3. The molecule has 16 heteroatoms. The largest absolute Gasteiger partial charge is 0.495 e. The molecule has 1 fully saturated rings. The number of primary amides is 1. The average Bonchev–Trinajstić information content (AvgIpc) is 3.89. The van der Waals surface area contributed by atoms with Gasteiger partial charge < -0.3 is 29.4 Å². The van der Waals surface area contributed by atoms with E-state index in [2.05, 4.69) is 9.72 Å². The quantitative estimate of drug-likeness (QED) is 0.192. The lowest BCUT2D eigenvalue weighted by Gasteiger charge is -2.23. The Labute approximate surface area is 288 Å². The lowest BCUT2D eigenvalue weighted by molar-refractivity contribution is -0.379. The fourth-order valence-corrected chi connectivity index (χ4v) is 6.03. The molecule has 4 rings (SSSR count). The summed E-state index contributed by atoms with van der Waals surface area (Å²) in [6, 6.07) is 8.36. The smallest absolute Gasteiger partial charge is 0.387 e. The summed E-state index contributed by atoms with van der Waals surface area (Å²) in [4.78, 5) is 40.4. The summed E-state index contributed by atoms with van der Waals surface area (Å²) in [6.07, 6.45) is 6.92. The van der Waals surface area contributed by atoms with E-state index in [9.17, 15) is 31.6 Å². The molecule has 3 N–H and O–H groups in total. The summed E-state index contributed by atoms with van der Waals surface area (Å²) in [6.45, 7) is -0.483. The number of benzene rings is 2. The number of aryl methyl sites for hydroxylation is 2. The first-order valence-electron chi connectivity index (χ1n) is 15.6. The van der Waals surface area contributed by atoms with Crippen LogP contribution in [0.5, 0.6) is 17.2 Å². The monoisotopic (exact) mass is 720 g/mol. The van der Waals surface area contributed by atoms with Crippen molar-refractivity contribution in [3.05, 3.63) is 76.6 Å². The van der Waals surface area contributed by atoms with E-state index in [1.54, 1.807) is 12.1 Å². The van der Waals surface area contributed by atoms with E-state index >= 15 is 0 Å². The minimum Gasteiger partial charge on any atom is -0.495 e. The summed E-state index contributed by atoms with van der Waals surface area (Å²) in [5.41, 5.74) is 8.51. The van der Waals surface area contributed by atoms with Crippen LogP contribution in [-0.2, 0) is 35.5 Å². The number of alkyl halides is 2. The number of nitrogens with zero attached hydrogens (tertiary/aromatic N) is 1. The number of hydrogen-bond donors (Lipinski definition) is 1. The third-order valence-corrected chi connectivity index (χ3v) is 9.11. The van der Waals surface area contributed by atoms with Crippen LogP contribution in [0.3, 0.4) is 0 Å². The number of sulfonamides is 1. The van der Waals surface area contributed by atoms with E-state index in [1.807, 2.05) is 26.2 Å². The van der Waals surface area contributed by atoms with Gasteiger partial charge >= 0.3 is 18.6 Å². The van der Waals surface area contributed by atoms with Crippen molar-refractivity contribution in [1.82, 2.24) is 0 Å². The first kappa shape index (κ1) is 37.8. The molecule has 1 saturated carbocycles. The fourth-order valence-electron chi connectivity index (χ4n) is 5.17. The second-order valence-electron chi connectivity index (χ2n) is 11.9. The third kappa shape index (κ3) is 10.5. The Balaban J connectivity index is 1.51. The van der Waals surface area contributed by atoms with Crippen LogP contribution in [0, 0.1) is 19.8 Å². The van der Waals surface area contributed by atoms with Crippen molar-refractivity contribution in [2.75, 3.05) is 44.0 Å². The van der Waals surface area contributed by atoms with Gasteiger partial charge in [-0.2, -0.15) is 8.78 Å². The summed E-state index contributed by atoms with van der Waals surface area (Å²) in [5.74, 6) is -2.83. The summed E-state index contributed by atoms with van der Waals surface area (Å²) in [5, 5.41) is 0. The number of anilines is 1. The van der Waals surface area contributed by atoms with Gasteiger partial charge in [0.2, 0.25) is 15.9 Å². The zero-order valence-electron chi connectivity index (χ0n) is 28.1. The van der Waals surface area contributed by atoms with Crippen LogP contribution in [0.25, 0.3) is 0 Å². The Morgan fingerprint density at radius 1 is 1.00 bits per heavy atom. The SMILES string of the molecule is COc1ccc(C(=O)OCC(=O)OC[C@@H](Cc2c(C)c[nH+]cc2C)c2ccc(OC(F)F)c(OCC3CC3)c2)cc1N(CC(N)=O)S(C)(=O)=O. The number of halogens is 2. The minimum absolute atomic E-state index is 0.0374. The Morgan fingerprint density at radius 3 is 2.28 bits per heavy atom. The molecule has 1 aromatic heterocycles. The van der Waals surface area contributed by atoms with E-state index in [0.717, 1.165) is 41.9 Å². The molecule has 13 nitrogen and oxygen atoms in total. The van der Waals surface area contributed by atoms with Crippen LogP contribution in [0.15, 0.2) is 48.8 Å². The number of aromatic nitrogens is 1. The highest BCUT2D eigenvalue weighted by Gasteiger charge is 2.27. The molecule has 1 amide bonds. The topological polar surface area (TPSA) is 175 Å². The summed E-state index contributed by atoms with van der Waals surface area (Å²) >= 11 is 0. The Bertz CT molecular complexity index is 1800. The van der Waals surface area contributed by atoms with Crippen molar-refractivity contribution in [3.63, 3.8) is 0 Å². The molecule has 0 saturated heterocycles. The lowest BCUT2D eigenvalue weighted by Crippen LogP contribution is -2.38. The first-order valence-corrected chi connectivity index (χ1v) is 17.5. The van der Waals surface area contributed by atoms with Gasteiger partial charge in [0.05, 0.1) is 37.8 Å². The number of hydrogen-bond acceptors (Lipinski definition) is 10. The van der Waals surface area contributed by atoms with Crippen molar-refractivity contribution in [2.45, 2.75) is 45.6 Å². The molecule has 0 radical (unpaired) electrons. The van der Waals surface area contributed by atoms with Gasteiger partial charge in [0.1, 0.15) is 12.3 Å². The van der Waals surface area contributed by atoms with E-state index in [0.29, 0.717) is 28.8 Å². The molecule has 0 spiro atoms. The first-order chi connectivity index (χ1) is 23.7. The van der Waals surface area contributed by atoms with Crippen LogP contribution >= 0.6 is 0 Å². The number of pyridine rings is 1. The second kappa shape index (κ2) is 16.6. The maximum Gasteiger partial charge on any atom is 0.387 e. The Hall–Kier alpha value is -4.99. The average molecular weight is 721 g/mol. The molecular weight excluding hydrogens is 680 g/mol. The minimum atomic E-state index is -4.02. The van der Waals surface area contributed by atoms with Gasteiger partial charge in [-0.25, -0.2) is 23.0 Å². The van der Waals surface area contributed by atoms with Gasteiger partial charge in [0.15, 0.2) is 30.5 Å². The molecule has 0 bridgehead atoms. The zero-order valence-corrected chi connectivity index (χ0v) is 28.9. The van der Waals surface area contributed by atoms with Crippen molar-refractivity contribution in [3.8, 4) is 17.2 Å². The van der Waals surface area contributed by atoms with Crippen molar-refractivity contribution < 1.29 is 60.3 Å². The molecule has 0 unspecified atom stereocenters. The number of carbonyl (C=O) groups excluding carboxylic acids is 3. The number of rotatable bonds is 18. The van der Waals surface area contributed by atoms with E-state index in [-0.39, 0.29) is 35.1 Å². The van der Waals surface area contributed by atoms with Gasteiger partial charge in [-0.15, -0.1) is 0 Å². The van der Waals surface area contributed by atoms with Crippen LogP contribution in [0.2, 0.25) is 0 Å². The number of H-pyrrole nitrogens is 1.